The van der Waals surface area contributed by atoms with Gasteiger partial charge in [-0.3, -0.25) is 0 Å². The smallest absolute Gasteiger partial charge is 0.118 e. The fraction of sp³-hybridized carbons (Fsp3) is 0.478. The van der Waals surface area contributed by atoms with Crippen LogP contribution in [0.5, 0.6) is 5.75 Å². The summed E-state index contributed by atoms with van der Waals surface area (Å²) in [5, 5.41) is 11.1. The van der Waals surface area contributed by atoms with E-state index in [9.17, 15) is 5.11 Å². The van der Waals surface area contributed by atoms with Crippen molar-refractivity contribution in [2.24, 2.45) is 5.92 Å². The quantitative estimate of drug-likeness (QED) is 0.536. The van der Waals surface area contributed by atoms with Crippen LogP contribution in [0.2, 0.25) is 0 Å². The van der Waals surface area contributed by atoms with E-state index < -0.39 is 6.10 Å². The number of methoxy groups -OCH3 is 2. The van der Waals surface area contributed by atoms with Crippen molar-refractivity contribution in [3.05, 3.63) is 60.2 Å². The van der Waals surface area contributed by atoms with Crippen molar-refractivity contribution in [2.75, 3.05) is 20.8 Å². The van der Waals surface area contributed by atoms with Gasteiger partial charge in [-0.25, -0.2) is 0 Å². The van der Waals surface area contributed by atoms with E-state index in [1.165, 1.54) is 5.56 Å². The SMILES string of the molecule is COC[C@@H](C)[C@@H](O)[C@@](C)(CCCc1ccccc1)Sc1ccc(OC)cc1. The molecule has 1 N–H and O–H groups in total. The Kier molecular flexibility index (Phi) is 8.68. The number of thioether (sulfide) groups is 1. The van der Waals surface area contributed by atoms with Crippen LogP contribution < -0.4 is 4.74 Å². The second kappa shape index (κ2) is 10.7. The Bertz CT molecular complexity index is 659. The molecule has 2 aromatic rings. The van der Waals surface area contributed by atoms with Crippen LogP contribution >= 0.6 is 11.8 Å². The molecule has 0 saturated heterocycles. The molecular formula is C23H32O3S. The lowest BCUT2D eigenvalue weighted by molar-refractivity contribution is 0.0326. The third kappa shape index (κ3) is 6.56. The summed E-state index contributed by atoms with van der Waals surface area (Å²) < 4.78 is 10.3. The molecule has 0 spiro atoms. The second-order valence-corrected chi connectivity index (χ2v) is 8.92. The minimum Gasteiger partial charge on any atom is -0.497 e. The zero-order valence-corrected chi connectivity index (χ0v) is 17.7. The lowest BCUT2D eigenvalue weighted by Gasteiger charge is -2.37. The molecule has 0 aromatic heterocycles. The van der Waals surface area contributed by atoms with Crippen LogP contribution in [-0.4, -0.2) is 36.8 Å². The summed E-state index contributed by atoms with van der Waals surface area (Å²) in [4.78, 5) is 1.14. The average molecular weight is 389 g/mol. The molecule has 3 atom stereocenters. The Morgan fingerprint density at radius 2 is 1.70 bits per heavy atom. The number of ether oxygens (including phenoxy) is 2. The average Bonchev–Trinajstić information content (AvgIpc) is 2.69. The number of aryl methyl sites for hydroxylation is 1. The maximum Gasteiger partial charge on any atom is 0.118 e. The molecule has 0 amide bonds. The Hall–Kier alpha value is -1.49. The monoisotopic (exact) mass is 388 g/mol. The van der Waals surface area contributed by atoms with E-state index in [1.54, 1.807) is 26.0 Å². The summed E-state index contributed by atoms with van der Waals surface area (Å²) in [5.41, 5.74) is 1.34. The second-order valence-electron chi connectivity index (χ2n) is 7.31. The zero-order chi connectivity index (χ0) is 19.7. The predicted molar refractivity (Wildman–Crippen MR) is 114 cm³/mol. The number of hydrogen-bond donors (Lipinski definition) is 1. The third-order valence-corrected chi connectivity index (χ3v) is 6.41. The topological polar surface area (TPSA) is 38.7 Å². The van der Waals surface area contributed by atoms with Gasteiger partial charge >= 0.3 is 0 Å². The first-order valence-electron chi connectivity index (χ1n) is 9.52. The van der Waals surface area contributed by atoms with Crippen LogP contribution in [0.1, 0.15) is 32.3 Å². The van der Waals surface area contributed by atoms with Gasteiger partial charge in [-0.15, -0.1) is 11.8 Å². The van der Waals surface area contributed by atoms with Gasteiger partial charge in [0, 0.05) is 22.7 Å². The fourth-order valence-corrected chi connectivity index (χ4v) is 4.83. The highest BCUT2D eigenvalue weighted by Crippen LogP contribution is 2.42. The van der Waals surface area contributed by atoms with Gasteiger partial charge in [0.1, 0.15) is 5.75 Å². The Labute approximate surface area is 168 Å². The first kappa shape index (κ1) is 21.8. The van der Waals surface area contributed by atoms with Crippen LogP contribution in [-0.2, 0) is 11.2 Å². The lowest BCUT2D eigenvalue weighted by atomic mass is 9.88. The van der Waals surface area contributed by atoms with Gasteiger partial charge in [-0.2, -0.15) is 0 Å². The largest absolute Gasteiger partial charge is 0.497 e. The molecule has 0 heterocycles. The van der Waals surface area contributed by atoms with Crippen LogP contribution in [0.3, 0.4) is 0 Å². The van der Waals surface area contributed by atoms with E-state index in [4.69, 9.17) is 9.47 Å². The first-order chi connectivity index (χ1) is 13.0. The van der Waals surface area contributed by atoms with E-state index in [-0.39, 0.29) is 10.7 Å². The van der Waals surface area contributed by atoms with E-state index in [0.29, 0.717) is 6.61 Å². The fourth-order valence-electron chi connectivity index (χ4n) is 3.42. The molecule has 0 aliphatic rings. The van der Waals surface area contributed by atoms with Crippen molar-refractivity contribution in [2.45, 2.75) is 48.9 Å². The molecule has 2 rings (SSSR count). The molecule has 0 bridgehead atoms. The molecule has 148 valence electrons. The number of benzene rings is 2. The van der Waals surface area contributed by atoms with Crippen molar-refractivity contribution in [1.29, 1.82) is 0 Å². The molecule has 0 saturated carbocycles. The van der Waals surface area contributed by atoms with Gasteiger partial charge < -0.3 is 14.6 Å². The molecule has 0 radical (unpaired) electrons. The number of hydrogen-bond acceptors (Lipinski definition) is 4. The zero-order valence-electron chi connectivity index (χ0n) is 16.9. The lowest BCUT2D eigenvalue weighted by Crippen LogP contribution is -2.42. The summed E-state index contributed by atoms with van der Waals surface area (Å²) in [5.74, 6) is 0.918. The minimum atomic E-state index is -0.458. The van der Waals surface area contributed by atoms with Gasteiger partial charge in [0.2, 0.25) is 0 Å². The molecule has 2 aromatic carbocycles. The Morgan fingerprint density at radius 3 is 2.30 bits per heavy atom. The van der Waals surface area contributed by atoms with E-state index in [2.05, 4.69) is 50.2 Å². The molecule has 0 unspecified atom stereocenters. The third-order valence-electron chi connectivity index (χ3n) is 4.99. The van der Waals surface area contributed by atoms with Crippen LogP contribution in [0.25, 0.3) is 0 Å². The molecule has 0 fully saturated rings. The standard InChI is InChI=1S/C23H32O3S/c1-18(17-25-3)22(24)23(2,16-8-11-19-9-6-5-7-10-19)27-21-14-12-20(26-4)13-15-21/h5-7,9-10,12-15,18,22,24H,8,11,16-17H2,1-4H3/t18-,22-,23-/m1/s1. The maximum absolute atomic E-state index is 11.1. The van der Waals surface area contributed by atoms with Crippen molar-refractivity contribution in [3.63, 3.8) is 0 Å². The van der Waals surface area contributed by atoms with Crippen molar-refractivity contribution < 1.29 is 14.6 Å². The summed E-state index contributed by atoms with van der Waals surface area (Å²) in [6.07, 6.45) is 2.51. The van der Waals surface area contributed by atoms with Gasteiger partial charge in [0.05, 0.1) is 19.8 Å². The van der Waals surface area contributed by atoms with E-state index >= 15 is 0 Å². The van der Waals surface area contributed by atoms with E-state index in [1.807, 2.05) is 18.2 Å². The van der Waals surface area contributed by atoms with Gasteiger partial charge in [0.15, 0.2) is 0 Å². The van der Waals surface area contributed by atoms with Crippen LogP contribution in [0, 0.1) is 5.92 Å². The van der Waals surface area contributed by atoms with Crippen LogP contribution in [0.15, 0.2) is 59.5 Å². The number of aliphatic hydroxyl groups is 1. The summed E-state index contributed by atoms with van der Waals surface area (Å²) in [6.45, 7) is 4.78. The molecule has 27 heavy (non-hydrogen) atoms. The molecule has 3 nitrogen and oxygen atoms in total. The molecule has 4 heteroatoms. The van der Waals surface area contributed by atoms with E-state index in [0.717, 1.165) is 29.9 Å². The molecule has 0 aliphatic heterocycles. The molecular weight excluding hydrogens is 356 g/mol. The van der Waals surface area contributed by atoms with Crippen LogP contribution in [0.4, 0.5) is 0 Å². The van der Waals surface area contributed by atoms with Gasteiger partial charge in [-0.1, -0.05) is 37.3 Å². The van der Waals surface area contributed by atoms with Crippen molar-refractivity contribution in [3.8, 4) is 5.75 Å². The van der Waals surface area contributed by atoms with Gasteiger partial charge in [-0.05, 0) is 56.0 Å². The highest BCUT2D eigenvalue weighted by atomic mass is 32.2. The first-order valence-corrected chi connectivity index (χ1v) is 10.3. The maximum atomic E-state index is 11.1. The predicted octanol–water partition coefficient (Wildman–Crippen LogP) is 5.21. The Balaban J connectivity index is 2.10. The number of aliphatic hydroxyl groups excluding tert-OH is 1. The Morgan fingerprint density at radius 1 is 1.04 bits per heavy atom. The van der Waals surface area contributed by atoms with Crippen molar-refractivity contribution >= 4 is 11.8 Å². The minimum absolute atomic E-state index is 0.0717. The normalized spacial score (nSPS) is 15.7. The number of rotatable bonds is 11. The van der Waals surface area contributed by atoms with Crippen molar-refractivity contribution in [1.82, 2.24) is 0 Å². The highest BCUT2D eigenvalue weighted by molar-refractivity contribution is 8.00. The highest BCUT2D eigenvalue weighted by Gasteiger charge is 2.37. The van der Waals surface area contributed by atoms with Gasteiger partial charge in [0.25, 0.3) is 0 Å². The summed E-state index contributed by atoms with van der Waals surface area (Å²) >= 11 is 1.75. The molecule has 0 aliphatic carbocycles. The summed E-state index contributed by atoms with van der Waals surface area (Å²) in [6, 6.07) is 18.6. The summed E-state index contributed by atoms with van der Waals surface area (Å²) in [7, 11) is 3.36.